The van der Waals surface area contributed by atoms with E-state index < -0.39 is 0 Å². The fourth-order valence-corrected chi connectivity index (χ4v) is 3.22. The van der Waals surface area contributed by atoms with Crippen molar-refractivity contribution in [2.75, 3.05) is 5.75 Å². The number of halogens is 1. The van der Waals surface area contributed by atoms with Gasteiger partial charge in [-0.15, -0.1) is 11.8 Å². The Balaban J connectivity index is 1.92. The Hall–Kier alpha value is -1.01. The Bertz CT molecular complexity index is 570. The molecule has 0 spiro atoms. The van der Waals surface area contributed by atoms with Crippen molar-refractivity contribution in [3.05, 3.63) is 47.2 Å². The lowest BCUT2D eigenvalue weighted by molar-refractivity contribution is 0.513. The van der Waals surface area contributed by atoms with Crippen molar-refractivity contribution >= 4 is 23.4 Å². The number of hydrogen-bond acceptors (Lipinski definition) is 4. The van der Waals surface area contributed by atoms with Gasteiger partial charge in [0.1, 0.15) is 0 Å². The van der Waals surface area contributed by atoms with Crippen molar-refractivity contribution in [3.63, 3.8) is 0 Å². The number of thioether (sulfide) groups is 1. The number of rotatable bonds is 7. The smallest absolute Gasteiger partial charge is 0.0641 e. The Morgan fingerprint density at radius 1 is 1.33 bits per heavy atom. The molecule has 0 amide bonds. The van der Waals surface area contributed by atoms with E-state index in [-0.39, 0.29) is 6.04 Å². The molecule has 0 radical (unpaired) electrons. The van der Waals surface area contributed by atoms with Gasteiger partial charge >= 0.3 is 0 Å². The first kappa shape index (κ1) is 16.4. The van der Waals surface area contributed by atoms with E-state index in [2.05, 4.69) is 24.4 Å². The van der Waals surface area contributed by atoms with E-state index in [1.54, 1.807) is 11.8 Å². The molecule has 0 fully saturated rings. The van der Waals surface area contributed by atoms with Crippen LogP contribution in [0.25, 0.3) is 0 Å². The monoisotopic (exact) mass is 324 g/mol. The zero-order chi connectivity index (χ0) is 15.2. The average Bonchev–Trinajstić information content (AvgIpc) is 2.93. The highest BCUT2D eigenvalue weighted by atomic mass is 35.5. The number of benzene rings is 1. The van der Waals surface area contributed by atoms with Crippen LogP contribution < -0.4 is 11.3 Å². The van der Waals surface area contributed by atoms with E-state index >= 15 is 0 Å². The zero-order valence-corrected chi connectivity index (χ0v) is 13.9. The quantitative estimate of drug-likeness (QED) is 0.466. The molecule has 1 aromatic heterocycles. The summed E-state index contributed by atoms with van der Waals surface area (Å²) in [7, 11) is 0. The van der Waals surface area contributed by atoms with Crippen molar-refractivity contribution < 1.29 is 0 Å². The third-order valence-corrected chi connectivity index (χ3v) is 4.84. The van der Waals surface area contributed by atoms with E-state index in [1.807, 2.05) is 41.2 Å². The second-order valence-corrected chi connectivity index (χ2v) is 6.66. The van der Waals surface area contributed by atoms with Crippen LogP contribution >= 0.6 is 23.4 Å². The van der Waals surface area contributed by atoms with Crippen molar-refractivity contribution in [3.8, 4) is 0 Å². The Morgan fingerprint density at radius 3 is 2.71 bits per heavy atom. The van der Waals surface area contributed by atoms with Gasteiger partial charge in [0.05, 0.1) is 10.7 Å². The Morgan fingerprint density at radius 2 is 2.10 bits per heavy atom. The number of hydrogen-bond donors (Lipinski definition) is 2. The summed E-state index contributed by atoms with van der Waals surface area (Å²) >= 11 is 7.86. The molecule has 0 aliphatic heterocycles. The second-order valence-electron chi connectivity index (χ2n) is 5.19. The lowest BCUT2D eigenvalue weighted by atomic mass is 10.2. The van der Waals surface area contributed by atoms with Crippen LogP contribution in [-0.4, -0.2) is 21.6 Å². The fourth-order valence-electron chi connectivity index (χ4n) is 1.94. The van der Waals surface area contributed by atoms with Gasteiger partial charge < -0.3 is 0 Å². The van der Waals surface area contributed by atoms with Crippen LogP contribution in [-0.2, 0) is 6.42 Å². The molecule has 3 N–H and O–H groups in total. The second kappa shape index (κ2) is 7.84. The molecule has 2 aromatic rings. The summed E-state index contributed by atoms with van der Waals surface area (Å²) in [5, 5.41) is 5.34. The lowest BCUT2D eigenvalue weighted by Gasteiger charge is -2.14. The summed E-state index contributed by atoms with van der Waals surface area (Å²) in [6.45, 7) is 4.23. The number of aromatic nitrogens is 2. The maximum Gasteiger partial charge on any atom is 0.0641 e. The predicted octanol–water partition coefficient (Wildman–Crippen LogP) is 3.28. The van der Waals surface area contributed by atoms with E-state index in [0.29, 0.717) is 6.04 Å². The summed E-state index contributed by atoms with van der Waals surface area (Å²) in [6, 6.07) is 10.4. The maximum absolute atomic E-state index is 6.16. The summed E-state index contributed by atoms with van der Waals surface area (Å²) < 4.78 is 1.96. The summed E-state index contributed by atoms with van der Waals surface area (Å²) in [5.74, 6) is 6.50. The van der Waals surface area contributed by atoms with E-state index in [4.69, 9.17) is 17.4 Å². The first-order valence-corrected chi connectivity index (χ1v) is 8.34. The maximum atomic E-state index is 6.16. The highest BCUT2D eigenvalue weighted by Crippen LogP contribution is 2.27. The Labute approximate surface area is 135 Å². The van der Waals surface area contributed by atoms with Gasteiger partial charge in [0.15, 0.2) is 0 Å². The highest BCUT2D eigenvalue weighted by molar-refractivity contribution is 7.99. The molecular formula is C15H21ClN4S. The molecule has 1 aromatic carbocycles. The third kappa shape index (κ3) is 4.74. The highest BCUT2D eigenvalue weighted by Gasteiger charge is 2.12. The van der Waals surface area contributed by atoms with Gasteiger partial charge in [0.2, 0.25) is 0 Å². The summed E-state index contributed by atoms with van der Waals surface area (Å²) in [4.78, 5) is 1.08. The molecular weight excluding hydrogens is 304 g/mol. The van der Waals surface area contributed by atoms with Gasteiger partial charge in [0.25, 0.3) is 0 Å². The molecule has 2 rings (SSSR count). The average molecular weight is 325 g/mol. The Kier molecular flexibility index (Phi) is 6.11. The van der Waals surface area contributed by atoms with Gasteiger partial charge in [-0.25, -0.2) is 0 Å². The summed E-state index contributed by atoms with van der Waals surface area (Å²) in [6.07, 6.45) is 2.81. The van der Waals surface area contributed by atoms with Crippen molar-refractivity contribution in [2.24, 2.45) is 5.84 Å². The minimum atomic E-state index is 0.154. The van der Waals surface area contributed by atoms with Crippen LogP contribution in [0, 0.1) is 0 Å². The minimum absolute atomic E-state index is 0.154. The van der Waals surface area contributed by atoms with Crippen LogP contribution in [0.5, 0.6) is 0 Å². The third-order valence-electron chi connectivity index (χ3n) is 3.16. The molecule has 1 unspecified atom stereocenters. The first-order chi connectivity index (χ1) is 10.1. The van der Waals surface area contributed by atoms with Crippen LogP contribution in [0.2, 0.25) is 5.02 Å². The van der Waals surface area contributed by atoms with Crippen molar-refractivity contribution in [1.82, 2.24) is 15.2 Å². The normalized spacial score (nSPS) is 12.8. The molecule has 4 nitrogen and oxygen atoms in total. The van der Waals surface area contributed by atoms with Crippen molar-refractivity contribution in [2.45, 2.75) is 37.2 Å². The molecule has 21 heavy (non-hydrogen) atoms. The molecule has 0 saturated carbocycles. The van der Waals surface area contributed by atoms with Crippen molar-refractivity contribution in [1.29, 1.82) is 0 Å². The zero-order valence-electron chi connectivity index (χ0n) is 12.3. The van der Waals surface area contributed by atoms with Gasteiger partial charge in [0, 0.05) is 35.3 Å². The molecule has 0 aliphatic carbocycles. The first-order valence-electron chi connectivity index (χ1n) is 6.97. The van der Waals surface area contributed by atoms with Crippen LogP contribution in [0.1, 0.15) is 25.6 Å². The number of hydrazine groups is 1. The number of nitrogens with two attached hydrogens (primary N) is 1. The SMILES string of the molecule is CC(C)n1ccc(CC(CSc2ccccc2Cl)NN)n1. The molecule has 1 atom stereocenters. The molecule has 0 saturated heterocycles. The summed E-state index contributed by atoms with van der Waals surface area (Å²) in [5.41, 5.74) is 3.91. The van der Waals surface area contributed by atoms with Gasteiger partial charge in [-0.05, 0) is 32.0 Å². The molecule has 0 bridgehead atoms. The van der Waals surface area contributed by atoms with Crippen LogP contribution in [0.4, 0.5) is 0 Å². The van der Waals surface area contributed by atoms with Crippen LogP contribution in [0.3, 0.4) is 0 Å². The number of nitrogens with zero attached hydrogens (tertiary/aromatic N) is 2. The molecule has 6 heteroatoms. The van der Waals surface area contributed by atoms with Gasteiger partial charge in [-0.1, -0.05) is 23.7 Å². The molecule has 0 aliphatic rings. The topological polar surface area (TPSA) is 55.9 Å². The predicted molar refractivity (Wildman–Crippen MR) is 89.6 cm³/mol. The largest absolute Gasteiger partial charge is 0.271 e. The van der Waals surface area contributed by atoms with Crippen LogP contribution in [0.15, 0.2) is 41.4 Å². The number of nitrogens with one attached hydrogen (secondary N) is 1. The minimum Gasteiger partial charge on any atom is -0.271 e. The van der Waals surface area contributed by atoms with Gasteiger partial charge in [-0.3, -0.25) is 16.0 Å². The van der Waals surface area contributed by atoms with Gasteiger partial charge in [-0.2, -0.15) is 5.10 Å². The fraction of sp³-hybridized carbons (Fsp3) is 0.400. The molecule has 114 valence electrons. The van der Waals surface area contributed by atoms with E-state index in [0.717, 1.165) is 27.8 Å². The van der Waals surface area contributed by atoms with E-state index in [9.17, 15) is 0 Å². The lowest BCUT2D eigenvalue weighted by Crippen LogP contribution is -2.38. The van der Waals surface area contributed by atoms with E-state index in [1.165, 1.54) is 0 Å². The standard InChI is InChI=1S/C15H21ClN4S/c1-11(2)20-8-7-12(19-20)9-13(18-17)10-21-15-6-4-3-5-14(15)16/h3-8,11,13,18H,9-10,17H2,1-2H3. The molecule has 1 heterocycles.